The molecule has 3 rings (SSSR count). The summed E-state index contributed by atoms with van der Waals surface area (Å²) in [6.07, 6.45) is 2.15. The smallest absolute Gasteiger partial charge is 0.252 e. The van der Waals surface area contributed by atoms with Crippen LogP contribution in [0.2, 0.25) is 0 Å². The van der Waals surface area contributed by atoms with Gasteiger partial charge in [-0.1, -0.05) is 54.1 Å². The van der Waals surface area contributed by atoms with E-state index in [0.29, 0.717) is 17.8 Å². The molecule has 0 aliphatic carbocycles. The number of para-hydroxylation sites is 1. The number of pyridine rings is 1. The van der Waals surface area contributed by atoms with Crippen LogP contribution < -0.4 is 10.2 Å². The van der Waals surface area contributed by atoms with E-state index in [4.69, 9.17) is 4.74 Å². The molecule has 4 heteroatoms. The van der Waals surface area contributed by atoms with Gasteiger partial charge in [-0.3, -0.25) is 4.79 Å². The Morgan fingerprint density at radius 1 is 1.00 bits per heavy atom. The quantitative estimate of drug-likeness (QED) is 0.709. The SMILES string of the molecule is COc1ccccc1CC(=O)N=c1ccccn1Cc1ccc(C)cc1. The molecule has 2 aromatic carbocycles. The van der Waals surface area contributed by atoms with Gasteiger partial charge in [0.05, 0.1) is 13.5 Å². The Kier molecular flexibility index (Phi) is 5.64. The van der Waals surface area contributed by atoms with Gasteiger partial charge in [0.15, 0.2) is 0 Å². The van der Waals surface area contributed by atoms with Crippen molar-refractivity contribution >= 4 is 5.91 Å². The summed E-state index contributed by atoms with van der Waals surface area (Å²) >= 11 is 0. The van der Waals surface area contributed by atoms with Gasteiger partial charge in [-0.15, -0.1) is 0 Å². The van der Waals surface area contributed by atoms with Crippen LogP contribution in [0.1, 0.15) is 16.7 Å². The lowest BCUT2D eigenvalue weighted by Gasteiger charge is -2.08. The number of rotatable bonds is 5. The molecule has 1 aromatic heterocycles. The molecule has 132 valence electrons. The number of aryl methyl sites for hydroxylation is 1. The van der Waals surface area contributed by atoms with Crippen LogP contribution in [0.3, 0.4) is 0 Å². The third kappa shape index (κ3) is 4.48. The van der Waals surface area contributed by atoms with Gasteiger partial charge in [0.1, 0.15) is 11.2 Å². The van der Waals surface area contributed by atoms with Crippen LogP contribution in [0.25, 0.3) is 0 Å². The third-order valence-corrected chi connectivity index (χ3v) is 4.16. The fourth-order valence-corrected chi connectivity index (χ4v) is 2.77. The first-order chi connectivity index (χ1) is 12.7. The zero-order valence-electron chi connectivity index (χ0n) is 15.1. The molecule has 0 unspecified atom stereocenters. The minimum Gasteiger partial charge on any atom is -0.496 e. The van der Waals surface area contributed by atoms with Gasteiger partial charge in [-0.2, -0.15) is 4.99 Å². The van der Waals surface area contributed by atoms with Gasteiger partial charge in [-0.05, 0) is 30.7 Å². The first kappa shape index (κ1) is 17.7. The highest BCUT2D eigenvalue weighted by Crippen LogP contribution is 2.17. The number of benzene rings is 2. The summed E-state index contributed by atoms with van der Waals surface area (Å²) in [5.74, 6) is 0.509. The molecule has 3 aromatic rings. The maximum Gasteiger partial charge on any atom is 0.252 e. The summed E-state index contributed by atoms with van der Waals surface area (Å²) in [5, 5.41) is 0. The number of hydrogen-bond acceptors (Lipinski definition) is 2. The lowest BCUT2D eigenvalue weighted by molar-refractivity contribution is -0.117. The van der Waals surface area contributed by atoms with Crippen LogP contribution in [-0.4, -0.2) is 17.6 Å². The predicted octanol–water partition coefficient (Wildman–Crippen LogP) is 3.52. The summed E-state index contributed by atoms with van der Waals surface area (Å²) < 4.78 is 7.29. The largest absolute Gasteiger partial charge is 0.496 e. The first-order valence-electron chi connectivity index (χ1n) is 8.56. The normalized spacial score (nSPS) is 11.4. The molecule has 0 saturated carbocycles. The lowest BCUT2D eigenvalue weighted by Crippen LogP contribution is -2.22. The number of amides is 1. The Morgan fingerprint density at radius 2 is 1.73 bits per heavy atom. The zero-order chi connectivity index (χ0) is 18.4. The summed E-state index contributed by atoms with van der Waals surface area (Å²) in [6.45, 7) is 2.73. The number of nitrogens with zero attached hydrogens (tertiary/aromatic N) is 2. The summed E-state index contributed by atoms with van der Waals surface area (Å²) in [6, 6.07) is 21.6. The Bertz CT molecular complexity index is 956. The monoisotopic (exact) mass is 346 g/mol. The molecule has 0 radical (unpaired) electrons. The van der Waals surface area contributed by atoms with Crippen LogP contribution in [0.5, 0.6) is 5.75 Å². The second-order valence-electron chi connectivity index (χ2n) is 6.17. The Hall–Kier alpha value is -3.14. The maximum atomic E-state index is 12.5. The van der Waals surface area contributed by atoms with Crippen LogP contribution in [0, 0.1) is 6.92 Å². The van der Waals surface area contributed by atoms with E-state index in [-0.39, 0.29) is 12.3 Å². The molecule has 0 aliphatic rings. The van der Waals surface area contributed by atoms with Crippen molar-refractivity contribution in [3.05, 3.63) is 95.1 Å². The van der Waals surface area contributed by atoms with Crippen LogP contribution >= 0.6 is 0 Å². The fourth-order valence-electron chi connectivity index (χ4n) is 2.77. The predicted molar refractivity (Wildman–Crippen MR) is 102 cm³/mol. The minimum atomic E-state index is -0.196. The van der Waals surface area contributed by atoms with Crippen molar-refractivity contribution in [3.63, 3.8) is 0 Å². The molecular weight excluding hydrogens is 324 g/mol. The number of methoxy groups -OCH3 is 1. The molecule has 1 heterocycles. The van der Waals surface area contributed by atoms with Gasteiger partial charge in [-0.25, -0.2) is 0 Å². The average Bonchev–Trinajstić information content (AvgIpc) is 2.65. The molecule has 0 bridgehead atoms. The van der Waals surface area contributed by atoms with Crippen molar-refractivity contribution in [3.8, 4) is 5.75 Å². The Morgan fingerprint density at radius 3 is 2.50 bits per heavy atom. The van der Waals surface area contributed by atoms with Crippen molar-refractivity contribution < 1.29 is 9.53 Å². The lowest BCUT2D eigenvalue weighted by atomic mass is 10.1. The van der Waals surface area contributed by atoms with E-state index in [1.165, 1.54) is 11.1 Å². The van der Waals surface area contributed by atoms with Gasteiger partial charge < -0.3 is 9.30 Å². The van der Waals surface area contributed by atoms with Crippen LogP contribution in [0.4, 0.5) is 0 Å². The molecule has 1 amide bonds. The highest BCUT2D eigenvalue weighted by Gasteiger charge is 2.07. The summed E-state index contributed by atoms with van der Waals surface area (Å²) in [7, 11) is 1.60. The van der Waals surface area contributed by atoms with E-state index < -0.39 is 0 Å². The van der Waals surface area contributed by atoms with E-state index in [2.05, 4.69) is 36.2 Å². The molecular formula is C22H22N2O2. The summed E-state index contributed by atoms with van der Waals surface area (Å²) in [4.78, 5) is 16.8. The van der Waals surface area contributed by atoms with E-state index in [1.807, 2.05) is 53.2 Å². The van der Waals surface area contributed by atoms with Crippen molar-refractivity contribution in [2.45, 2.75) is 19.9 Å². The second-order valence-corrected chi connectivity index (χ2v) is 6.17. The third-order valence-electron chi connectivity index (χ3n) is 4.16. The van der Waals surface area contributed by atoms with Crippen molar-refractivity contribution in [2.24, 2.45) is 4.99 Å². The highest BCUT2D eigenvalue weighted by atomic mass is 16.5. The number of carbonyl (C=O) groups excluding carboxylic acids is 1. The standard InChI is InChI=1S/C22H22N2O2/c1-17-10-12-18(13-11-17)16-24-14-6-5-9-21(24)23-22(25)15-19-7-3-4-8-20(19)26-2/h3-14H,15-16H2,1-2H3. The topological polar surface area (TPSA) is 43.6 Å². The van der Waals surface area contributed by atoms with Crippen LogP contribution in [0.15, 0.2) is 77.9 Å². The summed E-state index contributed by atoms with van der Waals surface area (Å²) in [5.41, 5.74) is 3.88. The number of carbonyl (C=O) groups is 1. The molecule has 0 aliphatic heterocycles. The molecule has 0 N–H and O–H groups in total. The van der Waals surface area contributed by atoms with E-state index in [1.54, 1.807) is 7.11 Å². The maximum absolute atomic E-state index is 12.5. The zero-order valence-corrected chi connectivity index (χ0v) is 15.1. The molecule has 0 saturated heterocycles. The Labute approximate surface area is 153 Å². The van der Waals surface area contributed by atoms with E-state index in [9.17, 15) is 4.79 Å². The van der Waals surface area contributed by atoms with Crippen molar-refractivity contribution in [2.75, 3.05) is 7.11 Å². The number of hydrogen-bond donors (Lipinski definition) is 0. The molecule has 4 nitrogen and oxygen atoms in total. The highest BCUT2D eigenvalue weighted by molar-refractivity contribution is 5.80. The van der Waals surface area contributed by atoms with Crippen molar-refractivity contribution in [1.29, 1.82) is 0 Å². The Balaban J connectivity index is 1.84. The van der Waals surface area contributed by atoms with Gasteiger partial charge in [0.25, 0.3) is 5.91 Å². The van der Waals surface area contributed by atoms with Crippen molar-refractivity contribution in [1.82, 2.24) is 4.57 Å². The minimum absolute atomic E-state index is 0.196. The second kappa shape index (κ2) is 8.30. The fraction of sp³-hybridized carbons (Fsp3) is 0.182. The number of aromatic nitrogens is 1. The van der Waals surface area contributed by atoms with Gasteiger partial charge in [0.2, 0.25) is 0 Å². The molecule has 0 spiro atoms. The average molecular weight is 346 g/mol. The number of ether oxygens (including phenoxy) is 1. The van der Waals surface area contributed by atoms with E-state index in [0.717, 1.165) is 5.56 Å². The van der Waals surface area contributed by atoms with Crippen LogP contribution in [-0.2, 0) is 17.8 Å². The first-order valence-corrected chi connectivity index (χ1v) is 8.56. The molecule has 26 heavy (non-hydrogen) atoms. The van der Waals surface area contributed by atoms with Gasteiger partial charge in [0, 0.05) is 18.3 Å². The molecule has 0 fully saturated rings. The molecule has 0 atom stereocenters. The van der Waals surface area contributed by atoms with E-state index >= 15 is 0 Å². The van der Waals surface area contributed by atoms with Gasteiger partial charge >= 0.3 is 0 Å².